The molecule has 1 aliphatic rings. The first-order valence-corrected chi connectivity index (χ1v) is 3.59. The third-order valence-electron chi connectivity index (χ3n) is 1.68. The Labute approximate surface area is 61.0 Å². The van der Waals surface area contributed by atoms with Crippen LogP contribution in [0.3, 0.4) is 0 Å². The van der Waals surface area contributed by atoms with Crippen molar-refractivity contribution in [1.29, 1.82) is 0 Å². The van der Waals surface area contributed by atoms with Crippen LogP contribution in [0.1, 0.15) is 6.92 Å². The van der Waals surface area contributed by atoms with Crippen LogP contribution >= 0.6 is 0 Å². The molecule has 1 rings (SSSR count). The van der Waals surface area contributed by atoms with Crippen molar-refractivity contribution in [2.24, 2.45) is 5.92 Å². The molecule has 0 amide bonds. The average Bonchev–Trinajstić information content (AvgIpc) is 1.82. The van der Waals surface area contributed by atoms with Crippen LogP contribution in [0.2, 0.25) is 0 Å². The molecule has 3 heteroatoms. The van der Waals surface area contributed by atoms with Crippen LogP contribution in [-0.2, 0) is 9.53 Å². The Bertz CT molecular complexity index is 130. The van der Waals surface area contributed by atoms with E-state index in [2.05, 4.69) is 4.90 Å². The van der Waals surface area contributed by atoms with E-state index in [1.807, 2.05) is 14.0 Å². The predicted molar refractivity (Wildman–Crippen MR) is 37.6 cm³/mol. The van der Waals surface area contributed by atoms with Crippen LogP contribution in [0.4, 0.5) is 0 Å². The molecule has 0 saturated carbocycles. The lowest BCUT2D eigenvalue weighted by Crippen LogP contribution is -2.48. The Hall–Kier alpha value is -0.570. The van der Waals surface area contributed by atoms with Crippen LogP contribution in [0.15, 0.2) is 0 Å². The quantitative estimate of drug-likeness (QED) is 0.514. The highest BCUT2D eigenvalue weighted by atomic mass is 16.5. The normalized spacial score (nSPS) is 20.2. The number of hydrogen-bond acceptors (Lipinski definition) is 3. The van der Waals surface area contributed by atoms with Gasteiger partial charge >= 0.3 is 5.97 Å². The molecule has 0 aromatic rings. The van der Waals surface area contributed by atoms with Crippen molar-refractivity contribution < 1.29 is 9.53 Å². The molecule has 0 spiro atoms. The maximum absolute atomic E-state index is 10.9. The Balaban J connectivity index is 2.18. The smallest absolute Gasteiger partial charge is 0.311 e. The van der Waals surface area contributed by atoms with E-state index in [1.54, 1.807) is 0 Å². The SMILES string of the molecule is CCOC(=O)C1CN(C)C1. The standard InChI is InChI=1S/C7H13NO2/c1-3-10-7(9)6-4-8(2)5-6/h6H,3-5H2,1-2H3. The molecular weight excluding hydrogens is 130 g/mol. The topological polar surface area (TPSA) is 29.5 Å². The highest BCUT2D eigenvalue weighted by molar-refractivity contribution is 5.73. The summed E-state index contributed by atoms with van der Waals surface area (Å²) in [5.41, 5.74) is 0. The molecular formula is C7H13NO2. The van der Waals surface area contributed by atoms with Gasteiger partial charge in [-0.2, -0.15) is 0 Å². The van der Waals surface area contributed by atoms with Crippen molar-refractivity contribution in [3.8, 4) is 0 Å². The summed E-state index contributed by atoms with van der Waals surface area (Å²) in [7, 11) is 2.00. The highest BCUT2D eigenvalue weighted by Gasteiger charge is 2.30. The zero-order valence-corrected chi connectivity index (χ0v) is 6.46. The third-order valence-corrected chi connectivity index (χ3v) is 1.68. The van der Waals surface area contributed by atoms with Gasteiger partial charge in [-0.15, -0.1) is 0 Å². The van der Waals surface area contributed by atoms with Gasteiger partial charge in [-0.25, -0.2) is 0 Å². The van der Waals surface area contributed by atoms with Crippen molar-refractivity contribution in [2.75, 3.05) is 26.7 Å². The van der Waals surface area contributed by atoms with Gasteiger partial charge in [0.2, 0.25) is 0 Å². The molecule has 0 aromatic carbocycles. The van der Waals surface area contributed by atoms with Crippen molar-refractivity contribution in [3.05, 3.63) is 0 Å². The van der Waals surface area contributed by atoms with Crippen LogP contribution in [0, 0.1) is 5.92 Å². The molecule has 1 saturated heterocycles. The summed E-state index contributed by atoms with van der Waals surface area (Å²) in [5.74, 6) is 0.102. The van der Waals surface area contributed by atoms with E-state index in [0.717, 1.165) is 13.1 Å². The summed E-state index contributed by atoms with van der Waals surface area (Å²) in [6.07, 6.45) is 0. The lowest BCUT2D eigenvalue weighted by Gasteiger charge is -2.33. The number of carbonyl (C=O) groups excluding carboxylic acids is 1. The number of nitrogens with zero attached hydrogens (tertiary/aromatic N) is 1. The molecule has 0 atom stereocenters. The lowest BCUT2D eigenvalue weighted by atomic mass is 10.0. The molecule has 58 valence electrons. The first kappa shape index (κ1) is 7.54. The Morgan fingerprint density at radius 3 is 2.70 bits per heavy atom. The van der Waals surface area contributed by atoms with E-state index < -0.39 is 0 Å². The van der Waals surface area contributed by atoms with Gasteiger partial charge in [0, 0.05) is 13.1 Å². The lowest BCUT2D eigenvalue weighted by molar-refractivity contribution is -0.153. The van der Waals surface area contributed by atoms with Crippen molar-refractivity contribution in [1.82, 2.24) is 4.90 Å². The van der Waals surface area contributed by atoms with E-state index in [0.29, 0.717) is 6.61 Å². The first-order valence-electron chi connectivity index (χ1n) is 3.59. The van der Waals surface area contributed by atoms with Gasteiger partial charge in [-0.05, 0) is 14.0 Å². The number of hydrogen-bond donors (Lipinski definition) is 0. The molecule has 0 radical (unpaired) electrons. The maximum Gasteiger partial charge on any atom is 0.311 e. The summed E-state index contributed by atoms with van der Waals surface area (Å²) in [6.45, 7) is 4.05. The van der Waals surface area contributed by atoms with Gasteiger partial charge in [0.15, 0.2) is 0 Å². The van der Waals surface area contributed by atoms with Gasteiger partial charge in [0.1, 0.15) is 0 Å². The Kier molecular flexibility index (Phi) is 2.27. The second-order valence-corrected chi connectivity index (χ2v) is 2.67. The van der Waals surface area contributed by atoms with Gasteiger partial charge in [-0.1, -0.05) is 0 Å². The third kappa shape index (κ3) is 1.48. The van der Waals surface area contributed by atoms with Gasteiger partial charge in [0.05, 0.1) is 12.5 Å². The first-order chi connectivity index (χ1) is 4.74. The molecule has 0 unspecified atom stereocenters. The fourth-order valence-corrected chi connectivity index (χ4v) is 1.11. The summed E-state index contributed by atoms with van der Waals surface area (Å²) < 4.78 is 4.83. The summed E-state index contributed by atoms with van der Waals surface area (Å²) in [6, 6.07) is 0. The second kappa shape index (κ2) is 3.01. The van der Waals surface area contributed by atoms with E-state index in [9.17, 15) is 4.79 Å². The molecule has 1 fully saturated rings. The minimum absolute atomic E-state index is 0.0411. The van der Waals surface area contributed by atoms with Crippen LogP contribution < -0.4 is 0 Å². The number of esters is 1. The molecule has 0 N–H and O–H groups in total. The van der Waals surface area contributed by atoms with Gasteiger partial charge in [0.25, 0.3) is 0 Å². The largest absolute Gasteiger partial charge is 0.466 e. The number of rotatable bonds is 2. The second-order valence-electron chi connectivity index (χ2n) is 2.67. The average molecular weight is 143 g/mol. The zero-order chi connectivity index (χ0) is 7.56. The minimum Gasteiger partial charge on any atom is -0.466 e. The number of ether oxygens (including phenoxy) is 1. The number of likely N-dealkylation sites (tertiary alicyclic amines) is 1. The van der Waals surface area contributed by atoms with Crippen molar-refractivity contribution in [3.63, 3.8) is 0 Å². The van der Waals surface area contributed by atoms with Crippen molar-refractivity contribution in [2.45, 2.75) is 6.92 Å². The van der Waals surface area contributed by atoms with Crippen LogP contribution in [0.25, 0.3) is 0 Å². The molecule has 3 nitrogen and oxygen atoms in total. The minimum atomic E-state index is -0.0411. The van der Waals surface area contributed by atoms with E-state index >= 15 is 0 Å². The van der Waals surface area contributed by atoms with Gasteiger partial charge < -0.3 is 9.64 Å². The Morgan fingerprint density at radius 2 is 2.30 bits per heavy atom. The summed E-state index contributed by atoms with van der Waals surface area (Å²) in [5, 5.41) is 0. The van der Waals surface area contributed by atoms with Crippen LogP contribution in [0.5, 0.6) is 0 Å². The Morgan fingerprint density at radius 1 is 1.70 bits per heavy atom. The molecule has 0 aliphatic carbocycles. The molecule has 1 heterocycles. The highest BCUT2D eigenvalue weighted by Crippen LogP contribution is 2.13. The molecule has 0 bridgehead atoms. The molecule has 0 aromatic heterocycles. The fraction of sp³-hybridized carbons (Fsp3) is 0.857. The van der Waals surface area contributed by atoms with E-state index in [4.69, 9.17) is 4.74 Å². The predicted octanol–water partition coefficient (Wildman–Crippen LogP) is 0.111. The zero-order valence-electron chi connectivity index (χ0n) is 6.46. The van der Waals surface area contributed by atoms with Gasteiger partial charge in [-0.3, -0.25) is 4.79 Å². The number of carbonyl (C=O) groups is 1. The van der Waals surface area contributed by atoms with E-state index in [-0.39, 0.29) is 11.9 Å². The summed E-state index contributed by atoms with van der Waals surface area (Å²) in [4.78, 5) is 13.0. The van der Waals surface area contributed by atoms with E-state index in [1.165, 1.54) is 0 Å². The van der Waals surface area contributed by atoms with Crippen LogP contribution in [-0.4, -0.2) is 37.6 Å². The molecule has 1 aliphatic heterocycles. The fourth-order valence-electron chi connectivity index (χ4n) is 1.11. The van der Waals surface area contributed by atoms with Crippen molar-refractivity contribution >= 4 is 5.97 Å². The monoisotopic (exact) mass is 143 g/mol. The summed E-state index contributed by atoms with van der Waals surface area (Å²) >= 11 is 0. The maximum atomic E-state index is 10.9. The molecule has 10 heavy (non-hydrogen) atoms.